The van der Waals surface area contributed by atoms with Gasteiger partial charge in [-0.3, -0.25) is 14.3 Å². The molecule has 0 aliphatic carbocycles. The van der Waals surface area contributed by atoms with Crippen molar-refractivity contribution < 1.29 is 13.9 Å². The van der Waals surface area contributed by atoms with Crippen molar-refractivity contribution in [3.63, 3.8) is 0 Å². The van der Waals surface area contributed by atoms with E-state index >= 15 is 0 Å². The zero-order valence-corrected chi connectivity index (χ0v) is 18.0. The molecule has 0 fully saturated rings. The largest absolute Gasteiger partial charge is 0.444 e. The minimum Gasteiger partial charge on any atom is -0.444 e. The van der Waals surface area contributed by atoms with Gasteiger partial charge in [-0.15, -0.1) is 0 Å². The number of halogens is 2. The Bertz CT molecular complexity index is 1190. The number of aromatic nitrogens is 3. The van der Waals surface area contributed by atoms with Crippen molar-refractivity contribution in [2.75, 3.05) is 0 Å². The molecule has 30 heavy (non-hydrogen) atoms. The van der Waals surface area contributed by atoms with Gasteiger partial charge in [-0.05, 0) is 46.8 Å². The highest BCUT2D eigenvalue weighted by Gasteiger charge is 2.24. The Morgan fingerprint density at radius 2 is 2.03 bits per heavy atom. The number of aryl methyl sites for hydroxylation is 1. The van der Waals surface area contributed by atoms with Crippen LogP contribution in [0.4, 0.5) is 9.18 Å². The molecule has 0 bridgehead atoms. The number of carbonyl (C=O) groups is 1. The third kappa shape index (κ3) is 4.43. The van der Waals surface area contributed by atoms with Crippen LogP contribution in [0.2, 0.25) is 5.02 Å². The molecule has 0 saturated heterocycles. The number of rotatable bonds is 3. The van der Waals surface area contributed by atoms with Crippen molar-refractivity contribution in [1.29, 1.82) is 0 Å². The van der Waals surface area contributed by atoms with Crippen molar-refractivity contribution in [3.8, 4) is 5.69 Å². The first kappa shape index (κ1) is 21.7. The zero-order chi connectivity index (χ0) is 22.2. The fourth-order valence-corrected chi connectivity index (χ4v) is 3.25. The van der Waals surface area contributed by atoms with E-state index < -0.39 is 29.1 Å². The Morgan fingerprint density at radius 3 is 2.70 bits per heavy atom. The van der Waals surface area contributed by atoms with E-state index in [9.17, 15) is 14.0 Å². The van der Waals surface area contributed by atoms with Crippen LogP contribution >= 0.6 is 11.6 Å². The molecule has 1 amide bonds. The molecule has 1 aromatic carbocycles. The fourth-order valence-electron chi connectivity index (χ4n) is 3.00. The molecule has 0 spiro atoms. The molecule has 1 N–H and O–H groups in total. The van der Waals surface area contributed by atoms with Gasteiger partial charge in [-0.25, -0.2) is 14.2 Å². The van der Waals surface area contributed by atoms with Crippen LogP contribution in [0.25, 0.3) is 16.6 Å². The first-order valence-corrected chi connectivity index (χ1v) is 9.69. The lowest BCUT2D eigenvalue weighted by Crippen LogP contribution is -2.37. The van der Waals surface area contributed by atoms with Crippen LogP contribution in [0, 0.1) is 12.7 Å². The Balaban J connectivity index is 2.23. The average molecular weight is 433 g/mol. The number of fused-ring (bicyclic) bond motifs is 1. The van der Waals surface area contributed by atoms with E-state index in [1.54, 1.807) is 52.8 Å². The van der Waals surface area contributed by atoms with Crippen molar-refractivity contribution in [3.05, 3.63) is 63.2 Å². The van der Waals surface area contributed by atoms with Gasteiger partial charge in [0.25, 0.3) is 5.56 Å². The lowest BCUT2D eigenvalue weighted by molar-refractivity contribution is 0.0505. The summed E-state index contributed by atoms with van der Waals surface area (Å²) < 4.78 is 20.5. The Hall–Kier alpha value is -3.00. The number of amides is 1. The molecular formula is C21H22ClFN4O3. The maximum absolute atomic E-state index is 14.0. The third-order valence-electron chi connectivity index (χ3n) is 4.26. The molecule has 3 aromatic rings. The highest BCUT2D eigenvalue weighted by atomic mass is 35.5. The number of carbonyl (C=O) groups excluding carboxylic acids is 1. The van der Waals surface area contributed by atoms with Gasteiger partial charge < -0.3 is 10.1 Å². The second-order valence-electron chi connectivity index (χ2n) is 7.87. The Morgan fingerprint density at radius 1 is 1.33 bits per heavy atom. The summed E-state index contributed by atoms with van der Waals surface area (Å²) in [6, 6.07) is 5.35. The number of pyridine rings is 1. The molecule has 0 aliphatic heterocycles. The number of nitrogens with zero attached hydrogens (tertiary/aromatic N) is 3. The van der Waals surface area contributed by atoms with Crippen LogP contribution < -0.4 is 10.9 Å². The van der Waals surface area contributed by atoms with Crippen molar-refractivity contribution in [2.45, 2.75) is 46.3 Å². The molecule has 0 unspecified atom stereocenters. The van der Waals surface area contributed by atoms with E-state index in [0.717, 1.165) is 6.20 Å². The molecule has 9 heteroatoms. The van der Waals surface area contributed by atoms with Gasteiger partial charge in [0.05, 0.1) is 39.5 Å². The summed E-state index contributed by atoms with van der Waals surface area (Å²) in [5.41, 5.74) is -0.205. The first-order chi connectivity index (χ1) is 14.0. The molecular weight excluding hydrogens is 411 g/mol. The summed E-state index contributed by atoms with van der Waals surface area (Å²) in [6.45, 7) is 8.52. The van der Waals surface area contributed by atoms with Crippen LogP contribution in [0.3, 0.4) is 0 Å². The standard InChI is InChI=1S/C21H22ClFN4O3/c1-11-16(9-13(23)10-24-11)27-18(12(2)25-20(29)30-21(3,4)5)26-15-8-6-7-14(22)17(15)19(27)28/h6-10,12H,1-5H3,(H,25,29)/t12-/m0/s1. The van der Waals surface area contributed by atoms with Gasteiger partial charge in [-0.1, -0.05) is 17.7 Å². The molecule has 158 valence electrons. The zero-order valence-electron chi connectivity index (χ0n) is 17.3. The lowest BCUT2D eigenvalue weighted by Gasteiger charge is -2.23. The van der Waals surface area contributed by atoms with Crippen LogP contribution in [0.5, 0.6) is 0 Å². The first-order valence-electron chi connectivity index (χ1n) is 9.31. The number of alkyl carbamates (subject to hydrolysis) is 1. The molecule has 0 saturated carbocycles. The Kier molecular flexibility index (Phi) is 5.81. The second-order valence-corrected chi connectivity index (χ2v) is 8.28. The maximum atomic E-state index is 14.0. The normalized spacial score (nSPS) is 12.6. The summed E-state index contributed by atoms with van der Waals surface area (Å²) in [5, 5.41) is 3.09. The minimum absolute atomic E-state index is 0.191. The monoisotopic (exact) mass is 432 g/mol. The minimum atomic E-state index is -0.737. The van der Waals surface area contributed by atoms with E-state index in [1.165, 1.54) is 10.6 Å². The lowest BCUT2D eigenvalue weighted by atomic mass is 10.2. The van der Waals surface area contributed by atoms with Crippen molar-refractivity contribution in [2.24, 2.45) is 0 Å². The fraction of sp³-hybridized carbons (Fsp3) is 0.333. The van der Waals surface area contributed by atoms with E-state index in [1.807, 2.05) is 0 Å². The number of ether oxygens (including phenoxy) is 1. The van der Waals surface area contributed by atoms with E-state index in [4.69, 9.17) is 16.3 Å². The van der Waals surface area contributed by atoms with Crippen molar-refractivity contribution >= 4 is 28.6 Å². The summed E-state index contributed by atoms with van der Waals surface area (Å²) in [5.74, 6) is -0.420. The van der Waals surface area contributed by atoms with Gasteiger partial charge in [0, 0.05) is 6.07 Å². The summed E-state index contributed by atoms with van der Waals surface area (Å²) in [6.07, 6.45) is 0.393. The molecule has 3 rings (SSSR count). The van der Waals surface area contributed by atoms with E-state index in [2.05, 4.69) is 15.3 Å². The van der Waals surface area contributed by atoms with Gasteiger partial charge >= 0.3 is 6.09 Å². The van der Waals surface area contributed by atoms with Crippen LogP contribution in [0.1, 0.15) is 45.3 Å². The Labute approximate surface area is 177 Å². The molecule has 2 aromatic heterocycles. The SMILES string of the molecule is Cc1ncc(F)cc1-n1c([C@H](C)NC(=O)OC(C)(C)C)nc2cccc(Cl)c2c1=O. The predicted molar refractivity (Wildman–Crippen MR) is 113 cm³/mol. The second kappa shape index (κ2) is 8.02. The number of benzene rings is 1. The molecule has 2 heterocycles. The smallest absolute Gasteiger partial charge is 0.408 e. The van der Waals surface area contributed by atoms with Crippen LogP contribution in [0.15, 0.2) is 35.3 Å². The number of hydrogen-bond donors (Lipinski definition) is 1. The van der Waals surface area contributed by atoms with Gasteiger partial charge in [0.1, 0.15) is 17.2 Å². The predicted octanol–water partition coefficient (Wildman–Crippen LogP) is 4.47. The summed E-state index contributed by atoms with van der Waals surface area (Å²) in [7, 11) is 0. The molecule has 0 radical (unpaired) electrons. The number of nitrogens with one attached hydrogen (secondary N) is 1. The topological polar surface area (TPSA) is 86.1 Å². The van der Waals surface area contributed by atoms with E-state index in [0.29, 0.717) is 11.2 Å². The summed E-state index contributed by atoms with van der Waals surface area (Å²) in [4.78, 5) is 34.2. The van der Waals surface area contributed by atoms with Crippen LogP contribution in [-0.2, 0) is 4.74 Å². The van der Waals surface area contributed by atoms with E-state index in [-0.39, 0.29) is 21.9 Å². The highest BCUT2D eigenvalue weighted by Crippen LogP contribution is 2.24. The molecule has 0 aliphatic rings. The van der Waals surface area contributed by atoms with Gasteiger partial charge in [-0.2, -0.15) is 0 Å². The van der Waals surface area contributed by atoms with Crippen LogP contribution in [-0.4, -0.2) is 26.2 Å². The molecule has 1 atom stereocenters. The average Bonchev–Trinajstić information content (AvgIpc) is 2.62. The third-order valence-corrected chi connectivity index (χ3v) is 4.58. The van der Waals surface area contributed by atoms with Gasteiger partial charge in [0.2, 0.25) is 0 Å². The molecule has 7 nitrogen and oxygen atoms in total. The van der Waals surface area contributed by atoms with Crippen molar-refractivity contribution in [1.82, 2.24) is 19.9 Å². The summed E-state index contributed by atoms with van der Waals surface area (Å²) >= 11 is 6.25. The maximum Gasteiger partial charge on any atom is 0.408 e. The quantitative estimate of drug-likeness (QED) is 0.660. The highest BCUT2D eigenvalue weighted by molar-refractivity contribution is 6.35. The number of hydrogen-bond acceptors (Lipinski definition) is 5. The van der Waals surface area contributed by atoms with Gasteiger partial charge in [0.15, 0.2) is 0 Å².